The van der Waals surface area contributed by atoms with Crippen LogP contribution in [0.15, 0.2) is 42.5 Å². The molecule has 0 aromatic heterocycles. The lowest BCUT2D eigenvalue weighted by atomic mass is 10.1. The minimum Gasteiger partial charge on any atom is -0.496 e. The van der Waals surface area contributed by atoms with Crippen LogP contribution in [-0.4, -0.2) is 24.7 Å². The van der Waals surface area contributed by atoms with E-state index < -0.39 is 6.04 Å². The van der Waals surface area contributed by atoms with Crippen molar-refractivity contribution in [2.24, 2.45) is 0 Å². The molecule has 2 aromatic carbocycles. The van der Waals surface area contributed by atoms with E-state index in [4.69, 9.17) is 16.3 Å². The predicted octanol–water partition coefficient (Wildman–Crippen LogP) is 3.05. The van der Waals surface area contributed by atoms with Gasteiger partial charge in [-0.2, -0.15) is 0 Å². The number of aryl methyl sites for hydroxylation is 1. The van der Waals surface area contributed by atoms with Gasteiger partial charge in [-0.3, -0.25) is 4.79 Å². The van der Waals surface area contributed by atoms with Crippen LogP contribution in [0, 0.1) is 6.92 Å². The van der Waals surface area contributed by atoms with E-state index in [1.165, 1.54) is 0 Å². The minimum absolute atomic E-state index is 0.162. The zero-order chi connectivity index (χ0) is 16.8. The Morgan fingerprint density at radius 1 is 1.26 bits per heavy atom. The fraction of sp³-hybridized carbons (Fsp3) is 0.278. The number of rotatable bonds is 6. The summed E-state index contributed by atoms with van der Waals surface area (Å²) >= 11 is 5.85. The number of methoxy groups -OCH3 is 1. The Balaban J connectivity index is 2.04. The smallest absolute Gasteiger partial charge is 0.224 e. The van der Waals surface area contributed by atoms with Gasteiger partial charge in [0.1, 0.15) is 5.75 Å². The molecule has 1 amide bonds. The predicted molar refractivity (Wildman–Crippen MR) is 90.9 cm³/mol. The van der Waals surface area contributed by atoms with E-state index in [0.29, 0.717) is 5.02 Å². The van der Waals surface area contributed by atoms with Crippen molar-refractivity contribution in [3.63, 3.8) is 0 Å². The van der Waals surface area contributed by atoms with Gasteiger partial charge in [0, 0.05) is 5.02 Å². The molecule has 0 fully saturated rings. The molecule has 0 saturated heterocycles. The number of aliphatic hydroxyl groups excluding tert-OH is 1. The van der Waals surface area contributed by atoms with E-state index in [-0.39, 0.29) is 18.9 Å². The molecule has 2 aromatic rings. The van der Waals surface area contributed by atoms with Crippen molar-refractivity contribution >= 4 is 17.5 Å². The van der Waals surface area contributed by atoms with Crippen LogP contribution >= 0.6 is 11.6 Å². The van der Waals surface area contributed by atoms with E-state index >= 15 is 0 Å². The highest BCUT2D eigenvalue weighted by molar-refractivity contribution is 6.30. The molecule has 23 heavy (non-hydrogen) atoms. The number of carbonyl (C=O) groups is 1. The van der Waals surface area contributed by atoms with Gasteiger partial charge in [0.2, 0.25) is 5.91 Å². The monoisotopic (exact) mass is 333 g/mol. The van der Waals surface area contributed by atoms with Gasteiger partial charge >= 0.3 is 0 Å². The first-order valence-electron chi connectivity index (χ1n) is 7.32. The first kappa shape index (κ1) is 17.3. The Morgan fingerprint density at radius 3 is 2.57 bits per heavy atom. The van der Waals surface area contributed by atoms with Crippen molar-refractivity contribution in [3.8, 4) is 5.75 Å². The summed E-state index contributed by atoms with van der Waals surface area (Å²) in [6.07, 6.45) is 0.223. The number of benzene rings is 2. The zero-order valence-corrected chi connectivity index (χ0v) is 13.9. The first-order valence-corrected chi connectivity index (χ1v) is 7.70. The summed E-state index contributed by atoms with van der Waals surface area (Å²) in [6.45, 7) is 1.77. The molecule has 5 heteroatoms. The van der Waals surface area contributed by atoms with Crippen LogP contribution in [0.3, 0.4) is 0 Å². The molecule has 0 aliphatic heterocycles. The molecule has 1 atom stereocenters. The van der Waals surface area contributed by atoms with Crippen molar-refractivity contribution in [1.29, 1.82) is 0 Å². The van der Waals surface area contributed by atoms with Crippen molar-refractivity contribution in [1.82, 2.24) is 5.32 Å². The largest absolute Gasteiger partial charge is 0.496 e. The SMILES string of the molecule is COc1cc(CC(=O)NC(CO)c2ccc(Cl)cc2)ccc1C. The third-order valence-electron chi connectivity index (χ3n) is 3.63. The molecule has 2 rings (SSSR count). The zero-order valence-electron chi connectivity index (χ0n) is 13.2. The van der Waals surface area contributed by atoms with Gasteiger partial charge in [0.05, 0.1) is 26.2 Å². The molecule has 0 aliphatic carbocycles. The second-order valence-corrected chi connectivity index (χ2v) is 5.77. The molecule has 0 radical (unpaired) electrons. The van der Waals surface area contributed by atoms with Gasteiger partial charge in [-0.05, 0) is 41.8 Å². The summed E-state index contributed by atoms with van der Waals surface area (Å²) < 4.78 is 5.27. The van der Waals surface area contributed by atoms with Gasteiger partial charge in [0.25, 0.3) is 0 Å². The fourth-order valence-corrected chi connectivity index (χ4v) is 2.46. The molecular formula is C18H20ClNO3. The minimum atomic E-state index is -0.452. The number of hydrogen-bond acceptors (Lipinski definition) is 3. The quantitative estimate of drug-likeness (QED) is 0.854. The Kier molecular flexibility index (Phi) is 6.02. The molecule has 4 nitrogen and oxygen atoms in total. The third kappa shape index (κ3) is 4.71. The molecule has 122 valence electrons. The number of amides is 1. The molecule has 1 unspecified atom stereocenters. The average molecular weight is 334 g/mol. The lowest BCUT2D eigenvalue weighted by Crippen LogP contribution is -2.31. The summed E-state index contributed by atoms with van der Waals surface area (Å²) in [5.41, 5.74) is 2.69. The van der Waals surface area contributed by atoms with Crippen LogP contribution in [0.1, 0.15) is 22.7 Å². The van der Waals surface area contributed by atoms with Crippen molar-refractivity contribution < 1.29 is 14.6 Å². The third-order valence-corrected chi connectivity index (χ3v) is 3.88. The summed E-state index contributed by atoms with van der Waals surface area (Å²) in [5, 5.41) is 13.0. The first-order chi connectivity index (χ1) is 11.0. The van der Waals surface area contributed by atoms with Gasteiger partial charge in [-0.15, -0.1) is 0 Å². The normalized spacial score (nSPS) is 11.8. The molecular weight excluding hydrogens is 314 g/mol. The fourth-order valence-electron chi connectivity index (χ4n) is 2.33. The number of halogens is 1. The van der Waals surface area contributed by atoms with Crippen LogP contribution in [0.2, 0.25) is 5.02 Å². The highest BCUT2D eigenvalue weighted by Crippen LogP contribution is 2.20. The molecule has 0 aliphatic rings. The molecule has 0 spiro atoms. The van der Waals surface area contributed by atoms with Crippen LogP contribution in [0.25, 0.3) is 0 Å². The summed E-state index contributed by atoms with van der Waals surface area (Å²) in [7, 11) is 1.61. The lowest BCUT2D eigenvalue weighted by Gasteiger charge is -2.17. The van der Waals surface area contributed by atoms with E-state index in [2.05, 4.69) is 5.32 Å². The Hall–Kier alpha value is -2.04. The van der Waals surface area contributed by atoms with Crippen molar-refractivity contribution in [2.45, 2.75) is 19.4 Å². The van der Waals surface area contributed by atoms with Crippen molar-refractivity contribution in [2.75, 3.05) is 13.7 Å². The van der Waals surface area contributed by atoms with Gasteiger partial charge in [-0.1, -0.05) is 35.9 Å². The Bertz CT molecular complexity index is 670. The van der Waals surface area contributed by atoms with E-state index in [9.17, 15) is 9.90 Å². The Morgan fingerprint density at radius 2 is 1.96 bits per heavy atom. The maximum absolute atomic E-state index is 12.2. The van der Waals surface area contributed by atoms with Crippen LogP contribution in [-0.2, 0) is 11.2 Å². The van der Waals surface area contributed by atoms with Gasteiger partial charge < -0.3 is 15.2 Å². The highest BCUT2D eigenvalue weighted by Gasteiger charge is 2.14. The number of ether oxygens (including phenoxy) is 1. The topological polar surface area (TPSA) is 58.6 Å². The van der Waals surface area contributed by atoms with Crippen LogP contribution in [0.4, 0.5) is 0 Å². The Labute approximate surface area is 141 Å². The van der Waals surface area contributed by atoms with Crippen molar-refractivity contribution in [3.05, 3.63) is 64.2 Å². The second-order valence-electron chi connectivity index (χ2n) is 5.33. The van der Waals surface area contributed by atoms with E-state index in [1.807, 2.05) is 25.1 Å². The summed E-state index contributed by atoms with van der Waals surface area (Å²) in [4.78, 5) is 12.2. The number of carbonyl (C=O) groups excluding carboxylic acids is 1. The maximum Gasteiger partial charge on any atom is 0.224 e. The molecule has 2 N–H and O–H groups in total. The number of hydrogen-bond donors (Lipinski definition) is 2. The molecule has 0 saturated carbocycles. The van der Waals surface area contributed by atoms with Gasteiger partial charge in [-0.25, -0.2) is 0 Å². The molecule has 0 heterocycles. The van der Waals surface area contributed by atoms with Crippen LogP contribution < -0.4 is 10.1 Å². The van der Waals surface area contributed by atoms with E-state index in [1.54, 1.807) is 31.4 Å². The standard InChI is InChI=1S/C18H20ClNO3/c1-12-3-4-13(9-17(12)23-2)10-18(22)20-16(11-21)14-5-7-15(19)8-6-14/h3-9,16,21H,10-11H2,1-2H3,(H,20,22). The number of aliphatic hydroxyl groups is 1. The highest BCUT2D eigenvalue weighted by atomic mass is 35.5. The van der Waals surface area contributed by atoms with Gasteiger partial charge in [0.15, 0.2) is 0 Å². The molecule has 0 bridgehead atoms. The average Bonchev–Trinajstić information content (AvgIpc) is 2.55. The second kappa shape index (κ2) is 7.99. The van der Waals surface area contributed by atoms with E-state index in [0.717, 1.165) is 22.4 Å². The summed E-state index contributed by atoms with van der Waals surface area (Å²) in [6, 6.07) is 12.3. The number of nitrogens with one attached hydrogen (secondary N) is 1. The summed E-state index contributed by atoms with van der Waals surface area (Å²) in [5.74, 6) is 0.594. The maximum atomic E-state index is 12.2. The lowest BCUT2D eigenvalue weighted by molar-refractivity contribution is -0.121. The van der Waals surface area contributed by atoms with Crippen LogP contribution in [0.5, 0.6) is 5.75 Å².